The topological polar surface area (TPSA) is 88.9 Å². The second-order valence-corrected chi connectivity index (χ2v) is 9.96. The Bertz CT molecular complexity index is 1320. The molecule has 9 heteroatoms. The van der Waals surface area contributed by atoms with Crippen molar-refractivity contribution in [2.24, 2.45) is 7.05 Å². The molecule has 1 N–H and O–H groups in total. The highest BCUT2D eigenvalue weighted by molar-refractivity contribution is 5.96. The van der Waals surface area contributed by atoms with Gasteiger partial charge in [0.2, 0.25) is 5.91 Å². The van der Waals surface area contributed by atoms with E-state index in [0.717, 1.165) is 22.6 Å². The second kappa shape index (κ2) is 10.4. The van der Waals surface area contributed by atoms with Gasteiger partial charge in [-0.3, -0.25) is 14.5 Å². The van der Waals surface area contributed by atoms with E-state index in [2.05, 4.69) is 19.8 Å². The summed E-state index contributed by atoms with van der Waals surface area (Å²) >= 11 is 0. The Morgan fingerprint density at radius 1 is 1.08 bits per heavy atom. The molecule has 2 aliphatic heterocycles. The zero-order valence-electron chi connectivity index (χ0n) is 21.7. The number of likely N-dealkylation sites (N-methyl/N-ethyl adjacent to an activating group) is 1. The predicted molar refractivity (Wildman–Crippen MR) is 138 cm³/mol. The number of ether oxygens (including phenoxy) is 2. The summed E-state index contributed by atoms with van der Waals surface area (Å²) in [6, 6.07) is 12.9. The summed E-state index contributed by atoms with van der Waals surface area (Å²) in [7, 11) is 3.64. The van der Waals surface area contributed by atoms with Crippen molar-refractivity contribution in [1.82, 2.24) is 24.7 Å². The SMILES string of the molecule is Cc1ccc2cc1Oc1cccc(c1)CO[C@H]1CN(Cc3cnc(C)n3C)C[C@@H]1NC(=O)CN(C)C2=O. The molecule has 2 aliphatic rings. The molecule has 3 heterocycles. The van der Waals surface area contributed by atoms with Crippen molar-refractivity contribution in [3.05, 3.63) is 76.9 Å². The summed E-state index contributed by atoms with van der Waals surface area (Å²) < 4.78 is 14.6. The highest BCUT2D eigenvalue weighted by Gasteiger charge is 2.35. The number of fused-ring (bicyclic) bond motifs is 5. The first-order valence-corrected chi connectivity index (χ1v) is 12.5. The summed E-state index contributed by atoms with van der Waals surface area (Å²) in [6.07, 6.45) is 1.69. The summed E-state index contributed by atoms with van der Waals surface area (Å²) in [5.41, 5.74) is 3.46. The molecule has 4 bridgehead atoms. The fourth-order valence-electron chi connectivity index (χ4n) is 4.85. The van der Waals surface area contributed by atoms with E-state index >= 15 is 0 Å². The smallest absolute Gasteiger partial charge is 0.254 e. The van der Waals surface area contributed by atoms with Gasteiger partial charge in [-0.2, -0.15) is 0 Å². The number of nitrogens with one attached hydrogen (secondary N) is 1. The first-order valence-electron chi connectivity index (χ1n) is 12.5. The average Bonchev–Trinajstić information content (AvgIpc) is 3.40. The van der Waals surface area contributed by atoms with Crippen LogP contribution < -0.4 is 10.1 Å². The number of amides is 2. The molecule has 1 aromatic heterocycles. The number of imidazole rings is 1. The van der Waals surface area contributed by atoms with Crippen molar-refractivity contribution >= 4 is 11.8 Å². The number of rotatable bonds is 2. The number of hydrogen-bond donors (Lipinski definition) is 1. The minimum absolute atomic E-state index is 0.0495. The van der Waals surface area contributed by atoms with Crippen molar-refractivity contribution in [1.29, 1.82) is 0 Å². The molecule has 1 saturated heterocycles. The Balaban J connectivity index is 1.41. The van der Waals surface area contributed by atoms with E-state index in [9.17, 15) is 9.59 Å². The maximum absolute atomic E-state index is 13.1. The molecule has 194 valence electrons. The average molecular weight is 504 g/mol. The standard InChI is InChI=1S/C28H33N5O4/c1-18-8-9-21-11-25(18)37-23-7-5-6-20(10-23)17-36-26-15-33(13-22-12-29-19(2)32(22)4)14-24(26)30-27(34)16-31(3)28(21)35/h5-12,24,26H,13-17H2,1-4H3,(H,30,34)/t24-,26-/m0/s1. The lowest BCUT2D eigenvalue weighted by atomic mass is 10.1. The van der Waals surface area contributed by atoms with Crippen LogP contribution >= 0.6 is 0 Å². The zero-order valence-corrected chi connectivity index (χ0v) is 21.7. The largest absolute Gasteiger partial charge is 0.457 e. The van der Waals surface area contributed by atoms with Gasteiger partial charge in [-0.25, -0.2) is 4.98 Å². The fraction of sp³-hybridized carbons (Fsp3) is 0.393. The van der Waals surface area contributed by atoms with Crippen LogP contribution in [0.25, 0.3) is 0 Å². The third-order valence-electron chi connectivity index (χ3n) is 7.14. The van der Waals surface area contributed by atoms with Gasteiger partial charge in [0.15, 0.2) is 0 Å². The Morgan fingerprint density at radius 2 is 1.92 bits per heavy atom. The molecule has 5 rings (SSSR count). The fourth-order valence-corrected chi connectivity index (χ4v) is 4.85. The van der Waals surface area contributed by atoms with Gasteiger partial charge >= 0.3 is 0 Å². The molecule has 1 fully saturated rings. The Kier molecular flexibility index (Phi) is 6.99. The van der Waals surface area contributed by atoms with Crippen LogP contribution in [0.15, 0.2) is 48.7 Å². The van der Waals surface area contributed by atoms with E-state index in [1.165, 1.54) is 4.90 Å². The lowest BCUT2D eigenvalue weighted by Gasteiger charge is -2.23. The summed E-state index contributed by atoms with van der Waals surface area (Å²) in [6.45, 7) is 6.28. The van der Waals surface area contributed by atoms with Crippen molar-refractivity contribution in [3.63, 3.8) is 0 Å². The number of likely N-dealkylation sites (tertiary alicyclic amines) is 1. The minimum atomic E-state index is -0.242. The number of carbonyl (C=O) groups excluding carboxylic acids is 2. The maximum Gasteiger partial charge on any atom is 0.254 e. The van der Waals surface area contributed by atoms with Gasteiger partial charge in [0.1, 0.15) is 17.3 Å². The van der Waals surface area contributed by atoms with Crippen LogP contribution in [0.1, 0.15) is 33.0 Å². The van der Waals surface area contributed by atoms with Crippen molar-refractivity contribution in [2.75, 3.05) is 26.7 Å². The van der Waals surface area contributed by atoms with E-state index in [-0.39, 0.29) is 30.5 Å². The molecule has 2 amide bonds. The van der Waals surface area contributed by atoms with Crippen LogP contribution in [0.5, 0.6) is 11.5 Å². The van der Waals surface area contributed by atoms with Gasteiger partial charge in [-0.15, -0.1) is 0 Å². The van der Waals surface area contributed by atoms with E-state index < -0.39 is 0 Å². The molecule has 0 unspecified atom stereocenters. The number of benzene rings is 2. The van der Waals surface area contributed by atoms with Crippen LogP contribution in [-0.2, 0) is 29.7 Å². The maximum atomic E-state index is 13.1. The number of hydrogen-bond acceptors (Lipinski definition) is 6. The lowest BCUT2D eigenvalue weighted by molar-refractivity contribution is -0.123. The van der Waals surface area contributed by atoms with Crippen LogP contribution in [0.2, 0.25) is 0 Å². The van der Waals surface area contributed by atoms with Gasteiger partial charge in [0, 0.05) is 45.5 Å². The monoisotopic (exact) mass is 503 g/mol. The second-order valence-electron chi connectivity index (χ2n) is 9.96. The Morgan fingerprint density at radius 3 is 2.70 bits per heavy atom. The lowest BCUT2D eigenvalue weighted by Crippen LogP contribution is -2.48. The molecule has 2 aromatic carbocycles. The molecule has 0 radical (unpaired) electrons. The summed E-state index contributed by atoms with van der Waals surface area (Å²) in [5, 5.41) is 3.12. The number of nitrogens with zero attached hydrogens (tertiary/aromatic N) is 4. The van der Waals surface area contributed by atoms with Crippen molar-refractivity contribution < 1.29 is 19.1 Å². The molecule has 0 saturated carbocycles. The van der Waals surface area contributed by atoms with Crippen molar-refractivity contribution in [2.45, 2.75) is 39.1 Å². The van der Waals surface area contributed by atoms with Crippen molar-refractivity contribution in [3.8, 4) is 11.5 Å². The predicted octanol–water partition coefficient (Wildman–Crippen LogP) is 2.80. The molecular formula is C28H33N5O4. The quantitative estimate of drug-likeness (QED) is 0.579. The van der Waals surface area contributed by atoms with Gasteiger partial charge in [0.25, 0.3) is 5.91 Å². The third kappa shape index (κ3) is 5.52. The first kappa shape index (κ1) is 25.0. The number of aryl methyl sites for hydroxylation is 2. The molecule has 37 heavy (non-hydrogen) atoms. The van der Waals surface area contributed by atoms with E-state index in [1.807, 2.05) is 57.4 Å². The van der Waals surface area contributed by atoms with E-state index in [0.29, 0.717) is 43.3 Å². The molecule has 9 nitrogen and oxygen atoms in total. The third-order valence-corrected chi connectivity index (χ3v) is 7.14. The molecule has 3 aromatic rings. The van der Waals surface area contributed by atoms with Crippen LogP contribution in [0.4, 0.5) is 0 Å². The highest BCUT2D eigenvalue weighted by atomic mass is 16.5. The van der Waals surface area contributed by atoms with Gasteiger partial charge in [-0.1, -0.05) is 18.2 Å². The van der Waals surface area contributed by atoms with Gasteiger partial charge < -0.3 is 24.3 Å². The Labute approximate surface area is 217 Å². The van der Waals surface area contributed by atoms with E-state index in [4.69, 9.17) is 9.47 Å². The normalized spacial score (nSPS) is 20.9. The van der Waals surface area contributed by atoms with Crippen LogP contribution in [0, 0.1) is 13.8 Å². The Hall–Kier alpha value is -3.69. The number of carbonyl (C=O) groups is 2. The summed E-state index contributed by atoms with van der Waals surface area (Å²) in [4.78, 5) is 34.2. The zero-order chi connectivity index (χ0) is 26.1. The summed E-state index contributed by atoms with van der Waals surface area (Å²) in [5.74, 6) is 1.78. The van der Waals surface area contributed by atoms with Gasteiger partial charge in [0.05, 0.1) is 31.0 Å². The molecule has 0 aliphatic carbocycles. The van der Waals surface area contributed by atoms with Gasteiger partial charge in [-0.05, 0) is 49.2 Å². The molecule has 0 spiro atoms. The first-order chi connectivity index (χ1) is 17.8. The van der Waals surface area contributed by atoms with E-state index in [1.54, 1.807) is 19.2 Å². The van der Waals surface area contributed by atoms with Crippen LogP contribution in [-0.4, -0.2) is 70.0 Å². The number of aromatic nitrogens is 2. The highest BCUT2D eigenvalue weighted by Crippen LogP contribution is 2.28. The minimum Gasteiger partial charge on any atom is -0.457 e. The molecular weight excluding hydrogens is 470 g/mol. The molecule has 2 atom stereocenters. The van der Waals surface area contributed by atoms with Crippen LogP contribution in [0.3, 0.4) is 0 Å².